The van der Waals surface area contributed by atoms with E-state index in [0.29, 0.717) is 30.6 Å². The van der Waals surface area contributed by atoms with Crippen molar-refractivity contribution in [3.8, 4) is 0 Å². The summed E-state index contributed by atoms with van der Waals surface area (Å²) in [6.45, 7) is 4.12. The summed E-state index contributed by atoms with van der Waals surface area (Å²) in [4.78, 5) is 12.4. The topological polar surface area (TPSA) is 49.3 Å². The lowest BCUT2D eigenvalue weighted by Gasteiger charge is -2.63. The third-order valence-electron chi connectivity index (χ3n) is 6.74. The molecule has 0 saturated heterocycles. The minimum absolute atomic E-state index is 0.0458. The average Bonchev–Trinajstić information content (AvgIpc) is 2.51. The van der Waals surface area contributed by atoms with Crippen LogP contribution in [-0.2, 0) is 4.79 Å². The number of alkyl halides is 1. The molecule has 4 aliphatic carbocycles. The molecule has 142 valence electrons. The van der Waals surface area contributed by atoms with Crippen LogP contribution in [0.1, 0.15) is 64.0 Å². The Balaban J connectivity index is 1.67. The molecule has 4 bridgehead atoms. The molecule has 6 atom stereocenters. The van der Waals surface area contributed by atoms with Crippen molar-refractivity contribution in [2.45, 2.75) is 68.9 Å². The zero-order valence-corrected chi connectivity index (χ0v) is 16.5. The van der Waals surface area contributed by atoms with Gasteiger partial charge >= 0.3 is 0 Å². The zero-order chi connectivity index (χ0) is 18.5. The van der Waals surface area contributed by atoms with Crippen molar-refractivity contribution >= 4 is 17.5 Å². The molecule has 4 heteroatoms. The molecule has 0 spiro atoms. The lowest BCUT2D eigenvalue weighted by atomic mass is 9.47. The van der Waals surface area contributed by atoms with Crippen LogP contribution in [0.15, 0.2) is 30.3 Å². The SMILES string of the molecule is CC(C)CC(=O)NC(c1ccccc1)[C@H]1[C@H]2C[C@@H]3C[C@](Cl)(C2)C[C@@]1(O)C3. The molecule has 0 heterocycles. The van der Waals surface area contributed by atoms with E-state index in [1.807, 2.05) is 18.2 Å². The number of hydrogen-bond acceptors (Lipinski definition) is 2. The smallest absolute Gasteiger partial charge is 0.220 e. The number of benzene rings is 1. The summed E-state index contributed by atoms with van der Waals surface area (Å²) in [7, 11) is 0. The molecule has 0 aliphatic heterocycles. The van der Waals surface area contributed by atoms with E-state index in [-0.39, 0.29) is 22.7 Å². The van der Waals surface area contributed by atoms with Gasteiger partial charge in [0.15, 0.2) is 0 Å². The van der Waals surface area contributed by atoms with Gasteiger partial charge in [0.05, 0.1) is 11.6 Å². The highest BCUT2D eigenvalue weighted by molar-refractivity contribution is 6.24. The first-order chi connectivity index (χ1) is 12.3. The van der Waals surface area contributed by atoms with Gasteiger partial charge in [-0.2, -0.15) is 0 Å². The molecule has 4 saturated carbocycles. The molecule has 1 unspecified atom stereocenters. The normalized spacial score (nSPS) is 39.2. The van der Waals surface area contributed by atoms with Crippen LogP contribution in [0.2, 0.25) is 0 Å². The molecule has 0 aromatic heterocycles. The van der Waals surface area contributed by atoms with Crippen molar-refractivity contribution in [1.29, 1.82) is 0 Å². The minimum atomic E-state index is -0.766. The molecule has 4 aliphatic rings. The molecule has 3 nitrogen and oxygen atoms in total. The second-order valence-electron chi connectivity index (χ2n) is 9.49. The molecule has 4 fully saturated rings. The highest BCUT2D eigenvalue weighted by atomic mass is 35.5. The van der Waals surface area contributed by atoms with Crippen LogP contribution in [0.25, 0.3) is 0 Å². The molecule has 1 aromatic rings. The lowest BCUT2D eigenvalue weighted by Crippen LogP contribution is -2.64. The number of halogens is 1. The average molecular weight is 376 g/mol. The van der Waals surface area contributed by atoms with Crippen LogP contribution in [-0.4, -0.2) is 21.5 Å². The number of carbonyl (C=O) groups is 1. The summed E-state index contributed by atoms with van der Waals surface area (Å²) in [6, 6.07) is 10.0. The number of rotatable bonds is 5. The minimum Gasteiger partial charge on any atom is -0.389 e. The predicted molar refractivity (Wildman–Crippen MR) is 104 cm³/mol. The van der Waals surface area contributed by atoms with Gasteiger partial charge in [0.2, 0.25) is 5.91 Å². The molecule has 1 aromatic carbocycles. The Bertz CT molecular complexity index is 678. The van der Waals surface area contributed by atoms with Gasteiger partial charge in [-0.25, -0.2) is 0 Å². The fourth-order valence-corrected chi connectivity index (χ4v) is 6.93. The summed E-state index contributed by atoms with van der Waals surface area (Å²) in [5.74, 6) is 1.35. The fraction of sp³-hybridized carbons (Fsp3) is 0.682. The van der Waals surface area contributed by atoms with Crippen LogP contribution < -0.4 is 5.32 Å². The molecular weight excluding hydrogens is 346 g/mol. The molecule has 5 rings (SSSR count). The first-order valence-electron chi connectivity index (χ1n) is 10.0. The van der Waals surface area contributed by atoms with E-state index in [1.54, 1.807) is 0 Å². The van der Waals surface area contributed by atoms with Crippen molar-refractivity contribution in [1.82, 2.24) is 5.32 Å². The van der Waals surface area contributed by atoms with Crippen molar-refractivity contribution in [2.24, 2.45) is 23.7 Å². The van der Waals surface area contributed by atoms with Crippen molar-refractivity contribution in [2.75, 3.05) is 0 Å². The van der Waals surface area contributed by atoms with Gasteiger partial charge in [-0.3, -0.25) is 4.79 Å². The standard InChI is InChI=1S/C22H30ClNO2/c1-14(2)8-18(25)24-20(16-6-4-3-5-7-16)19-17-9-15-10-21(23,12-17)13-22(19,26)11-15/h3-7,14-15,17,19-20,26H,8-13H2,1-2H3,(H,24,25)/t15-,17+,19-,20?,21+,22+/m1/s1. The number of nitrogens with one attached hydrogen (secondary N) is 1. The van der Waals surface area contributed by atoms with E-state index >= 15 is 0 Å². The fourth-order valence-electron chi connectivity index (χ4n) is 6.28. The van der Waals surface area contributed by atoms with E-state index in [9.17, 15) is 9.90 Å². The first-order valence-corrected chi connectivity index (χ1v) is 10.4. The first kappa shape index (κ1) is 18.3. The Kier molecular flexibility index (Phi) is 4.60. The van der Waals surface area contributed by atoms with Gasteiger partial charge in [0.25, 0.3) is 0 Å². The van der Waals surface area contributed by atoms with Gasteiger partial charge in [0.1, 0.15) is 0 Å². The van der Waals surface area contributed by atoms with E-state index in [2.05, 4.69) is 31.3 Å². The van der Waals surface area contributed by atoms with Crippen LogP contribution in [0, 0.1) is 23.7 Å². The summed E-state index contributed by atoms with van der Waals surface area (Å²) in [5, 5.41) is 14.9. The summed E-state index contributed by atoms with van der Waals surface area (Å²) in [6.07, 6.45) is 5.12. The lowest BCUT2D eigenvalue weighted by molar-refractivity contribution is -0.175. The Morgan fingerprint density at radius 2 is 2.00 bits per heavy atom. The zero-order valence-electron chi connectivity index (χ0n) is 15.7. The van der Waals surface area contributed by atoms with Crippen molar-refractivity contribution < 1.29 is 9.90 Å². The number of carbonyl (C=O) groups excluding carboxylic acids is 1. The van der Waals surface area contributed by atoms with E-state index in [1.165, 1.54) is 0 Å². The molecule has 26 heavy (non-hydrogen) atoms. The van der Waals surface area contributed by atoms with Crippen LogP contribution >= 0.6 is 11.6 Å². The third-order valence-corrected chi connectivity index (χ3v) is 7.18. The predicted octanol–water partition coefficient (Wildman–Crippen LogP) is 4.44. The van der Waals surface area contributed by atoms with E-state index in [4.69, 9.17) is 11.6 Å². The Labute approximate surface area is 161 Å². The van der Waals surface area contributed by atoms with E-state index in [0.717, 1.165) is 31.2 Å². The second kappa shape index (κ2) is 6.53. The van der Waals surface area contributed by atoms with Gasteiger partial charge < -0.3 is 10.4 Å². The largest absolute Gasteiger partial charge is 0.389 e. The van der Waals surface area contributed by atoms with Gasteiger partial charge in [-0.05, 0) is 55.4 Å². The molecule has 0 radical (unpaired) electrons. The molecule has 2 N–H and O–H groups in total. The Morgan fingerprint density at radius 3 is 2.62 bits per heavy atom. The monoisotopic (exact) mass is 375 g/mol. The van der Waals surface area contributed by atoms with Crippen LogP contribution in [0.5, 0.6) is 0 Å². The van der Waals surface area contributed by atoms with Gasteiger partial charge in [0, 0.05) is 17.2 Å². The maximum atomic E-state index is 12.6. The maximum Gasteiger partial charge on any atom is 0.220 e. The quantitative estimate of drug-likeness (QED) is 0.747. The van der Waals surface area contributed by atoms with Gasteiger partial charge in [-0.15, -0.1) is 11.6 Å². The number of amides is 1. The van der Waals surface area contributed by atoms with E-state index < -0.39 is 5.60 Å². The van der Waals surface area contributed by atoms with Gasteiger partial charge in [-0.1, -0.05) is 44.2 Å². The van der Waals surface area contributed by atoms with Crippen molar-refractivity contribution in [3.63, 3.8) is 0 Å². The van der Waals surface area contributed by atoms with Crippen LogP contribution in [0.3, 0.4) is 0 Å². The molecular formula is C22H30ClNO2. The highest BCUT2D eigenvalue weighted by Crippen LogP contribution is 2.64. The summed E-state index contributed by atoms with van der Waals surface area (Å²) < 4.78 is 0. The maximum absolute atomic E-state index is 12.6. The third kappa shape index (κ3) is 3.29. The highest BCUT2D eigenvalue weighted by Gasteiger charge is 2.63. The second-order valence-corrected chi connectivity index (χ2v) is 10.3. The molecule has 1 amide bonds. The van der Waals surface area contributed by atoms with Crippen molar-refractivity contribution in [3.05, 3.63) is 35.9 Å². The summed E-state index contributed by atoms with van der Waals surface area (Å²) in [5.41, 5.74) is 0.330. The number of hydrogen-bond donors (Lipinski definition) is 2. The summed E-state index contributed by atoms with van der Waals surface area (Å²) >= 11 is 6.86. The number of aliphatic hydroxyl groups is 1. The van der Waals surface area contributed by atoms with Crippen LogP contribution in [0.4, 0.5) is 0 Å². The Hall–Kier alpha value is -1.06. The Morgan fingerprint density at radius 1 is 1.27 bits per heavy atom.